The maximum absolute atomic E-state index is 12.8. The van der Waals surface area contributed by atoms with Gasteiger partial charge in [-0.05, 0) is 43.5 Å². The summed E-state index contributed by atoms with van der Waals surface area (Å²) < 4.78 is 1.96. The Morgan fingerprint density at radius 1 is 1.09 bits per heavy atom. The molecule has 2 aromatic carbocycles. The molecule has 7 nitrogen and oxygen atoms in total. The normalized spacial score (nSPS) is 14.6. The van der Waals surface area contributed by atoms with Crippen molar-refractivity contribution in [3.63, 3.8) is 0 Å². The molecule has 1 fully saturated rings. The van der Waals surface area contributed by atoms with E-state index in [1.807, 2.05) is 72.2 Å². The maximum Gasteiger partial charge on any atom is 0.246 e. The molecule has 32 heavy (non-hydrogen) atoms. The highest BCUT2D eigenvalue weighted by atomic mass is 16.2. The van der Waals surface area contributed by atoms with Crippen LogP contribution in [0.3, 0.4) is 0 Å². The fraction of sp³-hybridized carbons (Fsp3) is 0.280. The SMILES string of the molecule is CCn1cnnc1-c1cccc(NC(=O)C2CCN(C(=O)C=Cc3ccccc3)CC2)c1. The molecule has 2 amide bonds. The van der Waals surface area contributed by atoms with Crippen molar-refractivity contribution in [2.45, 2.75) is 26.3 Å². The summed E-state index contributed by atoms with van der Waals surface area (Å²) in [7, 11) is 0. The third-order valence-electron chi connectivity index (χ3n) is 5.74. The predicted octanol–water partition coefficient (Wildman–Crippen LogP) is 3.86. The smallest absolute Gasteiger partial charge is 0.246 e. The zero-order chi connectivity index (χ0) is 22.3. The molecule has 0 aliphatic carbocycles. The number of hydrogen-bond donors (Lipinski definition) is 1. The van der Waals surface area contributed by atoms with Crippen molar-refractivity contribution >= 4 is 23.6 Å². The van der Waals surface area contributed by atoms with Gasteiger partial charge in [0.25, 0.3) is 0 Å². The van der Waals surface area contributed by atoms with E-state index in [2.05, 4.69) is 15.5 Å². The second kappa shape index (κ2) is 10.0. The molecule has 3 aromatic rings. The van der Waals surface area contributed by atoms with Crippen LogP contribution < -0.4 is 5.32 Å². The molecule has 0 spiro atoms. The minimum atomic E-state index is -0.111. The number of benzene rings is 2. The zero-order valence-electron chi connectivity index (χ0n) is 18.1. The molecule has 0 unspecified atom stereocenters. The first kappa shape index (κ1) is 21.5. The molecule has 7 heteroatoms. The molecule has 0 radical (unpaired) electrons. The summed E-state index contributed by atoms with van der Waals surface area (Å²) in [5.74, 6) is 0.644. The highest BCUT2D eigenvalue weighted by Gasteiger charge is 2.26. The lowest BCUT2D eigenvalue weighted by Crippen LogP contribution is -2.40. The maximum atomic E-state index is 12.8. The van der Waals surface area contributed by atoms with Gasteiger partial charge in [0.2, 0.25) is 11.8 Å². The lowest BCUT2D eigenvalue weighted by atomic mass is 9.95. The average molecular weight is 430 g/mol. The van der Waals surface area contributed by atoms with Crippen LogP contribution in [0.15, 0.2) is 67.0 Å². The van der Waals surface area contributed by atoms with Gasteiger partial charge in [0.05, 0.1) is 0 Å². The van der Waals surface area contributed by atoms with Gasteiger partial charge >= 0.3 is 0 Å². The highest BCUT2D eigenvalue weighted by Crippen LogP contribution is 2.23. The summed E-state index contributed by atoms with van der Waals surface area (Å²) in [6.07, 6.45) is 6.44. The Kier molecular flexibility index (Phi) is 6.75. The number of aromatic nitrogens is 3. The summed E-state index contributed by atoms with van der Waals surface area (Å²) in [5.41, 5.74) is 2.64. The molecular weight excluding hydrogens is 402 g/mol. The van der Waals surface area contributed by atoms with Gasteiger partial charge in [-0.2, -0.15) is 0 Å². The van der Waals surface area contributed by atoms with Crippen LogP contribution in [-0.2, 0) is 16.1 Å². The average Bonchev–Trinajstić information content (AvgIpc) is 3.32. The third-order valence-corrected chi connectivity index (χ3v) is 5.74. The number of rotatable bonds is 6. The Labute approximate surface area is 187 Å². The number of anilines is 1. The summed E-state index contributed by atoms with van der Waals surface area (Å²) in [6.45, 7) is 3.97. The summed E-state index contributed by atoms with van der Waals surface area (Å²) in [5, 5.41) is 11.2. The van der Waals surface area contributed by atoms with Gasteiger partial charge in [0.1, 0.15) is 6.33 Å². The van der Waals surface area contributed by atoms with Crippen molar-refractivity contribution < 1.29 is 9.59 Å². The van der Waals surface area contributed by atoms with Crippen LogP contribution in [-0.4, -0.2) is 44.6 Å². The summed E-state index contributed by atoms with van der Waals surface area (Å²) in [6, 6.07) is 17.4. The van der Waals surface area contributed by atoms with Crippen molar-refractivity contribution in [1.29, 1.82) is 0 Å². The second-order valence-corrected chi connectivity index (χ2v) is 7.85. The number of hydrogen-bond acceptors (Lipinski definition) is 4. The molecule has 0 atom stereocenters. The van der Waals surface area contributed by atoms with Crippen LogP contribution >= 0.6 is 0 Å². The fourth-order valence-corrected chi connectivity index (χ4v) is 3.89. The quantitative estimate of drug-likeness (QED) is 0.604. The first-order chi connectivity index (χ1) is 15.6. The Bertz CT molecular complexity index is 1100. The van der Waals surface area contributed by atoms with Crippen LogP contribution in [0, 0.1) is 5.92 Å². The Hall–Kier alpha value is -3.74. The molecule has 1 aromatic heterocycles. The second-order valence-electron chi connectivity index (χ2n) is 7.85. The van der Waals surface area contributed by atoms with E-state index >= 15 is 0 Å². The number of amides is 2. The van der Waals surface area contributed by atoms with Crippen molar-refractivity contribution in [3.05, 3.63) is 72.6 Å². The van der Waals surface area contributed by atoms with E-state index in [0.717, 1.165) is 29.2 Å². The van der Waals surface area contributed by atoms with Crippen molar-refractivity contribution in [1.82, 2.24) is 19.7 Å². The molecule has 1 N–H and O–H groups in total. The minimum absolute atomic E-state index is 0.00830. The van der Waals surface area contributed by atoms with Gasteiger partial charge in [0.15, 0.2) is 5.82 Å². The van der Waals surface area contributed by atoms with E-state index in [4.69, 9.17) is 0 Å². The van der Waals surface area contributed by atoms with Crippen LogP contribution in [0.2, 0.25) is 0 Å². The van der Waals surface area contributed by atoms with Crippen molar-refractivity contribution in [3.8, 4) is 11.4 Å². The largest absolute Gasteiger partial charge is 0.339 e. The molecule has 1 saturated heterocycles. The van der Waals surface area contributed by atoms with Crippen molar-refractivity contribution in [2.24, 2.45) is 5.92 Å². The van der Waals surface area contributed by atoms with Crippen LogP contribution in [0.5, 0.6) is 0 Å². The van der Waals surface area contributed by atoms with E-state index < -0.39 is 0 Å². The third kappa shape index (κ3) is 5.11. The molecule has 1 aliphatic heterocycles. The molecule has 0 bridgehead atoms. The molecule has 0 saturated carbocycles. The molecule has 1 aliphatic rings. The van der Waals surface area contributed by atoms with Gasteiger partial charge in [-0.1, -0.05) is 42.5 Å². The van der Waals surface area contributed by atoms with E-state index in [1.165, 1.54) is 0 Å². The Balaban J connectivity index is 1.32. The first-order valence-electron chi connectivity index (χ1n) is 10.9. The van der Waals surface area contributed by atoms with E-state index in [9.17, 15) is 9.59 Å². The van der Waals surface area contributed by atoms with E-state index in [1.54, 1.807) is 17.3 Å². The van der Waals surface area contributed by atoms with Crippen molar-refractivity contribution in [2.75, 3.05) is 18.4 Å². The van der Waals surface area contributed by atoms with Crippen LogP contribution in [0.25, 0.3) is 17.5 Å². The Morgan fingerprint density at radius 2 is 1.88 bits per heavy atom. The number of carbonyl (C=O) groups excluding carboxylic acids is 2. The van der Waals surface area contributed by atoms with Crippen LogP contribution in [0.1, 0.15) is 25.3 Å². The summed E-state index contributed by atoms with van der Waals surface area (Å²) >= 11 is 0. The van der Waals surface area contributed by atoms with Gasteiger partial charge in [-0.3, -0.25) is 9.59 Å². The molecule has 4 rings (SSSR count). The number of likely N-dealkylation sites (tertiary alicyclic amines) is 1. The van der Waals surface area contributed by atoms with Gasteiger partial charge < -0.3 is 14.8 Å². The lowest BCUT2D eigenvalue weighted by Gasteiger charge is -2.30. The number of piperidine rings is 1. The highest BCUT2D eigenvalue weighted by molar-refractivity contribution is 5.94. The molecule has 2 heterocycles. The Morgan fingerprint density at radius 3 is 2.62 bits per heavy atom. The number of carbonyl (C=O) groups is 2. The lowest BCUT2D eigenvalue weighted by molar-refractivity contribution is -0.130. The zero-order valence-corrected chi connectivity index (χ0v) is 18.1. The monoisotopic (exact) mass is 429 g/mol. The summed E-state index contributed by atoms with van der Waals surface area (Å²) in [4.78, 5) is 27.1. The standard InChI is InChI=1S/C25H27N5O2/c1-2-29-18-26-28-24(29)21-9-6-10-22(17-21)27-25(32)20-13-15-30(16-14-20)23(31)12-11-19-7-4-3-5-8-19/h3-12,17-18,20H,2,13-16H2,1H3,(H,27,32). The fourth-order valence-electron chi connectivity index (χ4n) is 3.89. The van der Waals surface area contributed by atoms with Crippen LogP contribution in [0.4, 0.5) is 5.69 Å². The van der Waals surface area contributed by atoms with E-state index in [0.29, 0.717) is 25.9 Å². The molecular formula is C25H27N5O2. The number of nitrogens with one attached hydrogen (secondary N) is 1. The first-order valence-corrected chi connectivity index (χ1v) is 10.9. The number of aryl methyl sites for hydroxylation is 1. The molecule has 164 valence electrons. The van der Waals surface area contributed by atoms with Gasteiger partial charge in [-0.25, -0.2) is 0 Å². The van der Waals surface area contributed by atoms with Gasteiger partial charge in [-0.15, -0.1) is 10.2 Å². The van der Waals surface area contributed by atoms with E-state index in [-0.39, 0.29) is 17.7 Å². The minimum Gasteiger partial charge on any atom is -0.339 e. The van der Waals surface area contributed by atoms with Gasteiger partial charge in [0, 0.05) is 42.9 Å². The topological polar surface area (TPSA) is 80.1 Å². The number of nitrogens with zero attached hydrogens (tertiary/aromatic N) is 4. The predicted molar refractivity (Wildman–Crippen MR) is 125 cm³/mol.